The number of hydrogen-bond acceptors (Lipinski definition) is 5. The predicted octanol–water partition coefficient (Wildman–Crippen LogP) is 6.18. The summed E-state index contributed by atoms with van der Waals surface area (Å²) in [5.74, 6) is 1.48. The second kappa shape index (κ2) is 14.3. The summed E-state index contributed by atoms with van der Waals surface area (Å²) in [5, 5.41) is 9.40. The van der Waals surface area contributed by atoms with Gasteiger partial charge in [0.25, 0.3) is 0 Å². The number of anilines is 1. The highest BCUT2D eigenvalue weighted by Crippen LogP contribution is 2.33. The van der Waals surface area contributed by atoms with Crippen molar-refractivity contribution in [2.75, 3.05) is 45.7 Å². The molecule has 1 fully saturated rings. The maximum absolute atomic E-state index is 9.40. The zero-order valence-electron chi connectivity index (χ0n) is 22.3. The minimum Gasteiger partial charge on any atom is -0.396 e. The Morgan fingerprint density at radius 1 is 1.23 bits per heavy atom. The smallest absolute Gasteiger partial charge is 0.137 e. The molecular formula is C30H42N4O. The average molecular weight is 475 g/mol. The third kappa shape index (κ3) is 7.40. The fourth-order valence-electron chi connectivity index (χ4n) is 4.34. The molecule has 0 bridgehead atoms. The van der Waals surface area contributed by atoms with E-state index in [-0.39, 0.29) is 6.61 Å². The van der Waals surface area contributed by atoms with Gasteiger partial charge in [0.1, 0.15) is 5.82 Å². The number of aromatic nitrogens is 1. The summed E-state index contributed by atoms with van der Waals surface area (Å²) >= 11 is 0. The second-order valence-electron chi connectivity index (χ2n) is 8.64. The van der Waals surface area contributed by atoms with Crippen LogP contribution in [0.2, 0.25) is 0 Å². The first kappa shape index (κ1) is 28.1. The Morgan fingerprint density at radius 2 is 2.00 bits per heavy atom. The monoisotopic (exact) mass is 474 g/mol. The average Bonchev–Trinajstić information content (AvgIpc) is 3.35. The van der Waals surface area contributed by atoms with Crippen molar-refractivity contribution in [1.82, 2.24) is 9.88 Å². The third-order valence-corrected chi connectivity index (χ3v) is 6.00. The molecule has 0 saturated carbocycles. The Morgan fingerprint density at radius 3 is 2.63 bits per heavy atom. The number of aliphatic hydroxyl groups excluding tert-OH is 1. The van der Waals surface area contributed by atoms with E-state index in [0.717, 1.165) is 65.3 Å². The number of hydrogen-bond donors (Lipinski definition) is 1. The summed E-state index contributed by atoms with van der Waals surface area (Å²) < 4.78 is 0. The molecule has 1 N–H and O–H groups in total. The Labute approximate surface area is 212 Å². The summed E-state index contributed by atoms with van der Waals surface area (Å²) in [6.45, 7) is 12.1. The molecule has 1 aliphatic heterocycles. The molecule has 1 unspecified atom stereocenters. The van der Waals surface area contributed by atoms with Crippen molar-refractivity contribution >= 4 is 23.2 Å². The molecular weight excluding hydrogens is 432 g/mol. The van der Waals surface area contributed by atoms with Crippen LogP contribution in [-0.4, -0.2) is 62.0 Å². The van der Waals surface area contributed by atoms with Crippen LogP contribution in [0.4, 0.5) is 5.82 Å². The Bertz CT molecular complexity index is 1050. The number of nitrogens with zero attached hydrogens (tertiary/aromatic N) is 4. The SMILES string of the molecule is C=C/C(=C\N(C)C)c1cccc(-c2ccc(/C(C=NC)=C/C)c(N3CCC(CCO)C3)n2)c1.CC. The fourth-order valence-corrected chi connectivity index (χ4v) is 4.34. The first-order valence-corrected chi connectivity index (χ1v) is 12.6. The fraction of sp³-hybridized carbons (Fsp3) is 0.400. The van der Waals surface area contributed by atoms with Crippen LogP contribution in [0, 0.1) is 5.92 Å². The molecule has 1 atom stereocenters. The van der Waals surface area contributed by atoms with E-state index in [2.05, 4.69) is 65.1 Å². The molecule has 2 aromatic rings. The zero-order chi connectivity index (χ0) is 25.8. The van der Waals surface area contributed by atoms with Crippen LogP contribution >= 0.6 is 0 Å². The standard InChI is InChI=1S/C28H36N4O.C2H6/c1-6-22(18-29-3)26-11-12-27(30-28(26)32-15-13-21(19-32)14-16-33)25-10-8-9-24(17-25)23(7-2)20-31(4)5;1-2/h6-12,17-18,20-21,33H,2,13-16,19H2,1,3-5H3;1-2H3/b22-6+,23-20+,29-18?;. The van der Waals surface area contributed by atoms with E-state index in [1.54, 1.807) is 7.05 Å². The van der Waals surface area contributed by atoms with Gasteiger partial charge in [0, 0.05) is 64.4 Å². The normalized spacial score (nSPS) is 16.3. The summed E-state index contributed by atoms with van der Waals surface area (Å²) in [7, 11) is 5.82. The number of rotatable bonds is 9. The molecule has 1 aromatic carbocycles. The molecule has 1 aromatic heterocycles. The van der Waals surface area contributed by atoms with Crippen LogP contribution in [0.25, 0.3) is 22.4 Å². The van der Waals surface area contributed by atoms with Crippen molar-refractivity contribution in [1.29, 1.82) is 0 Å². The minimum atomic E-state index is 0.236. The zero-order valence-corrected chi connectivity index (χ0v) is 22.3. The first-order valence-electron chi connectivity index (χ1n) is 12.6. The maximum atomic E-state index is 9.40. The van der Waals surface area contributed by atoms with E-state index in [9.17, 15) is 5.11 Å². The van der Waals surface area contributed by atoms with Gasteiger partial charge in [-0.05, 0) is 60.6 Å². The Balaban J connectivity index is 0.00000210. The van der Waals surface area contributed by atoms with Gasteiger partial charge in [-0.15, -0.1) is 0 Å². The molecule has 1 saturated heterocycles. The van der Waals surface area contributed by atoms with Crippen LogP contribution in [0.15, 0.2) is 66.3 Å². The number of benzene rings is 1. The van der Waals surface area contributed by atoms with Gasteiger partial charge in [-0.1, -0.05) is 50.8 Å². The van der Waals surface area contributed by atoms with Crippen LogP contribution in [0.1, 0.15) is 44.7 Å². The van der Waals surface area contributed by atoms with Gasteiger partial charge in [-0.3, -0.25) is 4.99 Å². The van der Waals surface area contributed by atoms with Gasteiger partial charge in [0.05, 0.1) is 5.69 Å². The molecule has 35 heavy (non-hydrogen) atoms. The number of pyridine rings is 1. The summed E-state index contributed by atoms with van der Waals surface area (Å²) in [6.07, 6.45) is 9.84. The lowest BCUT2D eigenvalue weighted by molar-refractivity contribution is 0.263. The molecule has 0 radical (unpaired) electrons. The number of allylic oxidation sites excluding steroid dienone is 4. The highest BCUT2D eigenvalue weighted by molar-refractivity contribution is 6.11. The van der Waals surface area contributed by atoms with Gasteiger partial charge in [-0.2, -0.15) is 0 Å². The molecule has 0 aliphatic carbocycles. The van der Waals surface area contributed by atoms with Crippen LogP contribution in [0.5, 0.6) is 0 Å². The van der Waals surface area contributed by atoms with Crippen molar-refractivity contribution in [2.45, 2.75) is 33.6 Å². The van der Waals surface area contributed by atoms with E-state index in [4.69, 9.17) is 4.98 Å². The lowest BCUT2D eigenvalue weighted by Gasteiger charge is -2.22. The molecule has 3 rings (SSSR count). The van der Waals surface area contributed by atoms with Gasteiger partial charge in [0.2, 0.25) is 0 Å². The van der Waals surface area contributed by atoms with Crippen LogP contribution in [0.3, 0.4) is 0 Å². The van der Waals surface area contributed by atoms with Gasteiger partial charge in [-0.25, -0.2) is 4.98 Å². The molecule has 188 valence electrons. The maximum Gasteiger partial charge on any atom is 0.137 e. The van der Waals surface area contributed by atoms with Crippen molar-refractivity contribution in [2.24, 2.45) is 10.9 Å². The quantitative estimate of drug-likeness (QED) is 0.348. The van der Waals surface area contributed by atoms with Crippen molar-refractivity contribution < 1.29 is 5.11 Å². The van der Waals surface area contributed by atoms with Crippen molar-refractivity contribution in [3.05, 3.63) is 72.5 Å². The van der Waals surface area contributed by atoms with E-state index < -0.39 is 0 Å². The van der Waals surface area contributed by atoms with E-state index in [0.29, 0.717) is 5.92 Å². The second-order valence-corrected chi connectivity index (χ2v) is 8.64. The summed E-state index contributed by atoms with van der Waals surface area (Å²) in [6, 6.07) is 12.7. The Hall–Kier alpha value is -3.18. The van der Waals surface area contributed by atoms with E-state index in [1.807, 2.05) is 52.1 Å². The first-order chi connectivity index (χ1) is 17.0. The molecule has 5 nitrogen and oxygen atoms in total. The van der Waals surface area contributed by atoms with Crippen molar-refractivity contribution in [3.8, 4) is 11.3 Å². The molecule has 0 amide bonds. The predicted molar refractivity (Wildman–Crippen MR) is 153 cm³/mol. The third-order valence-electron chi connectivity index (χ3n) is 6.00. The van der Waals surface area contributed by atoms with E-state index in [1.165, 1.54) is 0 Å². The molecule has 5 heteroatoms. The van der Waals surface area contributed by atoms with Crippen molar-refractivity contribution in [3.63, 3.8) is 0 Å². The Kier molecular flexibility index (Phi) is 11.4. The molecule has 1 aliphatic rings. The molecule has 2 heterocycles. The number of aliphatic hydroxyl groups is 1. The van der Waals surface area contributed by atoms with Gasteiger partial charge in [0.15, 0.2) is 0 Å². The van der Waals surface area contributed by atoms with Crippen LogP contribution < -0.4 is 4.90 Å². The summed E-state index contributed by atoms with van der Waals surface area (Å²) in [4.78, 5) is 13.8. The highest BCUT2D eigenvalue weighted by Gasteiger charge is 2.26. The minimum absolute atomic E-state index is 0.236. The van der Waals surface area contributed by atoms with Gasteiger partial charge < -0.3 is 14.9 Å². The summed E-state index contributed by atoms with van der Waals surface area (Å²) in [5.41, 5.74) is 6.35. The van der Waals surface area contributed by atoms with E-state index >= 15 is 0 Å². The lowest BCUT2D eigenvalue weighted by Crippen LogP contribution is -2.23. The number of aliphatic imine (C=N–C) groups is 1. The van der Waals surface area contributed by atoms with Gasteiger partial charge >= 0.3 is 0 Å². The molecule has 0 spiro atoms. The lowest BCUT2D eigenvalue weighted by atomic mass is 10.0. The highest BCUT2D eigenvalue weighted by atomic mass is 16.3. The van der Waals surface area contributed by atoms with Crippen LogP contribution in [-0.2, 0) is 0 Å². The topological polar surface area (TPSA) is 52.0 Å². The largest absolute Gasteiger partial charge is 0.396 e.